The molecule has 1 aromatic heterocycles. The van der Waals surface area contributed by atoms with Gasteiger partial charge in [-0.15, -0.1) is 0 Å². The number of esters is 1. The van der Waals surface area contributed by atoms with E-state index in [1.165, 1.54) is 18.6 Å². The van der Waals surface area contributed by atoms with Gasteiger partial charge in [-0.2, -0.15) is 0 Å². The Bertz CT molecular complexity index is 1150. The lowest BCUT2D eigenvalue weighted by atomic mass is 9.95. The molecule has 4 rings (SSSR count). The highest BCUT2D eigenvalue weighted by atomic mass is 79.9. The molecule has 1 heterocycles. The first-order valence-corrected chi connectivity index (χ1v) is 10.7. The lowest BCUT2D eigenvalue weighted by Gasteiger charge is -2.22. The van der Waals surface area contributed by atoms with Gasteiger partial charge in [0.05, 0.1) is 5.56 Å². The molecule has 2 aromatic carbocycles. The molecule has 154 valence electrons. The van der Waals surface area contributed by atoms with Gasteiger partial charge in [-0.1, -0.05) is 35.2 Å². The van der Waals surface area contributed by atoms with E-state index in [1.54, 1.807) is 36.4 Å². The van der Waals surface area contributed by atoms with Gasteiger partial charge in [-0.25, -0.2) is 9.59 Å². The standard InChI is InChI=1S/C23H20BrNO5/c24-16-9-6-14(7-10-16)22(27)29-18-11-8-15-12-19(23(28)30-20(15)13-18)21(26)25-17-4-2-1-3-5-17/h6-13,17H,1-5H2,(H,25,26). The number of rotatable bonds is 4. The summed E-state index contributed by atoms with van der Waals surface area (Å²) in [5, 5.41) is 3.50. The first-order chi connectivity index (χ1) is 14.5. The molecule has 0 bridgehead atoms. The van der Waals surface area contributed by atoms with E-state index < -0.39 is 17.5 Å². The Morgan fingerprint density at radius 2 is 1.73 bits per heavy atom. The average molecular weight is 470 g/mol. The minimum absolute atomic E-state index is 0.0207. The molecule has 0 aliphatic heterocycles. The van der Waals surface area contributed by atoms with Crippen LogP contribution in [0.1, 0.15) is 52.8 Å². The topological polar surface area (TPSA) is 85.6 Å². The van der Waals surface area contributed by atoms with Gasteiger partial charge in [0.1, 0.15) is 16.9 Å². The zero-order valence-electron chi connectivity index (χ0n) is 16.2. The molecular weight excluding hydrogens is 450 g/mol. The van der Waals surface area contributed by atoms with Gasteiger partial charge >= 0.3 is 11.6 Å². The molecule has 0 atom stereocenters. The van der Waals surface area contributed by atoms with Crippen molar-refractivity contribution in [2.75, 3.05) is 0 Å². The summed E-state index contributed by atoms with van der Waals surface area (Å²) >= 11 is 3.32. The van der Waals surface area contributed by atoms with Crippen molar-refractivity contribution in [3.8, 4) is 5.75 Å². The molecule has 1 N–H and O–H groups in total. The van der Waals surface area contributed by atoms with Crippen molar-refractivity contribution >= 4 is 38.8 Å². The number of halogens is 1. The highest BCUT2D eigenvalue weighted by molar-refractivity contribution is 9.10. The number of benzene rings is 2. The number of carbonyl (C=O) groups is 2. The predicted octanol–water partition coefficient (Wildman–Crippen LogP) is 4.84. The van der Waals surface area contributed by atoms with Crippen molar-refractivity contribution in [2.45, 2.75) is 38.1 Å². The Kier molecular flexibility index (Phi) is 5.99. The summed E-state index contributed by atoms with van der Waals surface area (Å²) in [6.45, 7) is 0. The van der Waals surface area contributed by atoms with Crippen molar-refractivity contribution < 1.29 is 18.7 Å². The van der Waals surface area contributed by atoms with E-state index in [4.69, 9.17) is 9.15 Å². The lowest BCUT2D eigenvalue weighted by Crippen LogP contribution is -2.38. The monoisotopic (exact) mass is 469 g/mol. The van der Waals surface area contributed by atoms with Crippen LogP contribution in [-0.2, 0) is 0 Å². The largest absolute Gasteiger partial charge is 0.423 e. The molecule has 3 aromatic rings. The van der Waals surface area contributed by atoms with E-state index in [0.29, 0.717) is 10.9 Å². The Balaban J connectivity index is 1.53. The van der Waals surface area contributed by atoms with Crippen LogP contribution in [0, 0.1) is 0 Å². The molecule has 0 unspecified atom stereocenters. The van der Waals surface area contributed by atoms with Crippen molar-refractivity contribution in [2.24, 2.45) is 0 Å². The van der Waals surface area contributed by atoms with Gasteiger partial charge in [0, 0.05) is 22.0 Å². The minimum Gasteiger partial charge on any atom is -0.423 e. The molecule has 0 spiro atoms. The predicted molar refractivity (Wildman–Crippen MR) is 116 cm³/mol. The fraction of sp³-hybridized carbons (Fsp3) is 0.261. The van der Waals surface area contributed by atoms with Crippen molar-refractivity contribution in [3.05, 3.63) is 74.6 Å². The van der Waals surface area contributed by atoms with Crippen LogP contribution in [0.5, 0.6) is 5.75 Å². The third kappa shape index (κ3) is 4.62. The summed E-state index contributed by atoms with van der Waals surface area (Å²) in [6, 6.07) is 13.1. The molecule has 30 heavy (non-hydrogen) atoms. The maximum absolute atomic E-state index is 12.5. The number of nitrogens with one attached hydrogen (secondary N) is 1. The van der Waals surface area contributed by atoms with E-state index in [1.807, 2.05) is 0 Å². The summed E-state index contributed by atoms with van der Waals surface area (Å²) in [5.41, 5.74) is -0.0929. The number of carbonyl (C=O) groups excluding carboxylic acids is 2. The minimum atomic E-state index is -0.716. The summed E-state index contributed by atoms with van der Waals surface area (Å²) in [6.07, 6.45) is 5.20. The van der Waals surface area contributed by atoms with Crippen molar-refractivity contribution in [3.63, 3.8) is 0 Å². The molecule has 1 aliphatic rings. The van der Waals surface area contributed by atoms with Crippen LogP contribution in [0.4, 0.5) is 0 Å². The van der Waals surface area contributed by atoms with Gasteiger partial charge in [-0.3, -0.25) is 4.79 Å². The van der Waals surface area contributed by atoms with Crippen molar-refractivity contribution in [1.82, 2.24) is 5.32 Å². The van der Waals surface area contributed by atoms with Crippen LogP contribution in [-0.4, -0.2) is 17.9 Å². The number of amides is 1. The highest BCUT2D eigenvalue weighted by Gasteiger charge is 2.20. The highest BCUT2D eigenvalue weighted by Crippen LogP contribution is 2.23. The van der Waals surface area contributed by atoms with E-state index in [9.17, 15) is 14.4 Å². The molecule has 1 fully saturated rings. The summed E-state index contributed by atoms with van der Waals surface area (Å²) in [4.78, 5) is 37.2. The number of fused-ring (bicyclic) bond motifs is 1. The maximum atomic E-state index is 12.5. The van der Waals surface area contributed by atoms with Crippen molar-refractivity contribution in [1.29, 1.82) is 0 Å². The van der Waals surface area contributed by atoms with E-state index in [2.05, 4.69) is 21.2 Å². The van der Waals surface area contributed by atoms with Crippen LogP contribution in [0.3, 0.4) is 0 Å². The average Bonchev–Trinajstić information content (AvgIpc) is 2.74. The van der Waals surface area contributed by atoms with Crippen LogP contribution in [0.2, 0.25) is 0 Å². The molecule has 1 aliphatic carbocycles. The Morgan fingerprint density at radius 3 is 2.47 bits per heavy atom. The maximum Gasteiger partial charge on any atom is 0.349 e. The Hall–Kier alpha value is -2.93. The zero-order chi connectivity index (χ0) is 21.1. The zero-order valence-corrected chi connectivity index (χ0v) is 17.7. The summed E-state index contributed by atoms with van der Waals surface area (Å²) in [7, 11) is 0. The molecule has 1 saturated carbocycles. The fourth-order valence-electron chi connectivity index (χ4n) is 3.58. The number of ether oxygens (including phenoxy) is 1. The van der Waals surface area contributed by atoms with Gasteiger partial charge in [0.25, 0.3) is 5.91 Å². The molecule has 0 radical (unpaired) electrons. The molecule has 7 heteroatoms. The van der Waals surface area contributed by atoms with Gasteiger partial charge in [-0.05, 0) is 55.3 Å². The molecule has 6 nitrogen and oxygen atoms in total. The Labute approximate surface area is 181 Å². The smallest absolute Gasteiger partial charge is 0.349 e. The second-order valence-corrected chi connectivity index (χ2v) is 8.27. The van der Waals surface area contributed by atoms with Crippen LogP contribution in [0.15, 0.2) is 62.2 Å². The molecule has 0 saturated heterocycles. The molecular formula is C23H20BrNO5. The SMILES string of the molecule is O=C(Oc1ccc2cc(C(=O)NC3CCCCC3)c(=O)oc2c1)c1ccc(Br)cc1. The normalized spacial score (nSPS) is 14.4. The van der Waals surface area contributed by atoms with Gasteiger partial charge in [0.2, 0.25) is 0 Å². The Morgan fingerprint density at radius 1 is 1.00 bits per heavy atom. The quantitative estimate of drug-likeness (QED) is 0.335. The van der Waals surface area contributed by atoms with E-state index in [0.717, 1.165) is 30.2 Å². The van der Waals surface area contributed by atoms with E-state index >= 15 is 0 Å². The second-order valence-electron chi connectivity index (χ2n) is 7.35. The third-order valence-electron chi connectivity index (χ3n) is 5.18. The lowest BCUT2D eigenvalue weighted by molar-refractivity contribution is 0.0734. The number of hydrogen-bond acceptors (Lipinski definition) is 5. The van der Waals surface area contributed by atoms with Crippen LogP contribution < -0.4 is 15.7 Å². The van der Waals surface area contributed by atoms with Gasteiger partial charge in [0.15, 0.2) is 0 Å². The summed E-state index contributed by atoms with van der Waals surface area (Å²) in [5.74, 6) is -0.686. The molecule has 1 amide bonds. The van der Waals surface area contributed by atoms with Gasteiger partial charge < -0.3 is 14.5 Å². The second kappa shape index (κ2) is 8.83. The van der Waals surface area contributed by atoms with Crippen LogP contribution >= 0.6 is 15.9 Å². The van der Waals surface area contributed by atoms with E-state index in [-0.39, 0.29) is 22.9 Å². The third-order valence-corrected chi connectivity index (χ3v) is 5.71. The first-order valence-electron chi connectivity index (χ1n) is 9.86. The fourth-order valence-corrected chi connectivity index (χ4v) is 3.84. The first kappa shape index (κ1) is 20.3. The number of hydrogen-bond donors (Lipinski definition) is 1. The summed E-state index contributed by atoms with van der Waals surface area (Å²) < 4.78 is 11.6. The van der Waals surface area contributed by atoms with Crippen LogP contribution in [0.25, 0.3) is 11.0 Å².